The van der Waals surface area contributed by atoms with E-state index in [4.69, 9.17) is 11.6 Å². The third-order valence-corrected chi connectivity index (χ3v) is 5.23. The van der Waals surface area contributed by atoms with Crippen molar-refractivity contribution in [3.05, 3.63) is 45.5 Å². The summed E-state index contributed by atoms with van der Waals surface area (Å²) < 4.78 is 41.5. The van der Waals surface area contributed by atoms with Crippen molar-refractivity contribution in [3.8, 4) is 5.75 Å². The number of aromatic nitrogens is 1. The number of halogens is 5. The Morgan fingerprint density at radius 1 is 1.41 bits per heavy atom. The Labute approximate surface area is 178 Å². The molecule has 1 saturated heterocycles. The summed E-state index contributed by atoms with van der Waals surface area (Å²) in [6.07, 6.45) is -3.46. The van der Waals surface area contributed by atoms with E-state index in [9.17, 15) is 18.0 Å². The number of pyridine rings is 1. The number of ether oxygens (including phenoxy) is 1. The van der Waals surface area contributed by atoms with Gasteiger partial charge in [0.1, 0.15) is 11.6 Å². The van der Waals surface area contributed by atoms with Gasteiger partial charge in [-0.05, 0) is 41.1 Å². The van der Waals surface area contributed by atoms with Crippen molar-refractivity contribution in [3.63, 3.8) is 0 Å². The van der Waals surface area contributed by atoms with Gasteiger partial charge in [0.2, 0.25) is 0 Å². The molecule has 6 nitrogen and oxygen atoms in total. The number of hydrogen-bond donors (Lipinski definition) is 2. The Bertz CT molecular complexity index is 896. The summed E-state index contributed by atoms with van der Waals surface area (Å²) in [7, 11) is 0. The van der Waals surface area contributed by atoms with Crippen molar-refractivity contribution in [1.29, 1.82) is 0 Å². The van der Waals surface area contributed by atoms with Crippen LogP contribution in [0.3, 0.4) is 0 Å². The number of alkyl halides is 3. The van der Waals surface area contributed by atoms with Gasteiger partial charge in [0.05, 0.1) is 20.7 Å². The molecule has 1 fully saturated rings. The molecule has 2 aromatic rings. The predicted octanol–water partition coefficient (Wildman–Crippen LogP) is 4.45. The molecule has 2 heterocycles. The summed E-state index contributed by atoms with van der Waals surface area (Å²) >= 11 is 8.99. The largest absolute Gasteiger partial charge is 0.573 e. The number of anilines is 2. The number of rotatable bonds is 4. The third-order valence-electron chi connectivity index (χ3n) is 4.30. The lowest BCUT2D eigenvalue weighted by Gasteiger charge is -2.34. The molecule has 1 aromatic heterocycles. The first-order valence-corrected chi connectivity index (χ1v) is 9.80. The molecular weight excluding hydrogens is 477 g/mol. The van der Waals surface area contributed by atoms with E-state index in [1.165, 1.54) is 12.3 Å². The molecule has 0 aliphatic carbocycles. The van der Waals surface area contributed by atoms with Crippen LogP contribution in [0, 0.1) is 0 Å². The number of hydrogen-bond acceptors (Lipinski definition) is 5. The van der Waals surface area contributed by atoms with Crippen molar-refractivity contribution < 1.29 is 22.7 Å². The van der Waals surface area contributed by atoms with Crippen molar-refractivity contribution in [2.24, 2.45) is 0 Å². The molecule has 0 bridgehead atoms. The van der Waals surface area contributed by atoms with Gasteiger partial charge in [0.25, 0.3) is 5.91 Å². The lowest BCUT2D eigenvalue weighted by atomic mass is 10.2. The molecule has 3 rings (SSSR count). The number of benzene rings is 1. The average Bonchev–Trinajstić information content (AvgIpc) is 2.65. The minimum Gasteiger partial charge on any atom is -0.405 e. The Morgan fingerprint density at radius 2 is 2.17 bits per heavy atom. The molecule has 156 valence electrons. The van der Waals surface area contributed by atoms with E-state index in [2.05, 4.69) is 48.1 Å². The maximum absolute atomic E-state index is 12.5. The van der Waals surface area contributed by atoms with Gasteiger partial charge in [-0.2, -0.15) is 0 Å². The number of nitrogens with one attached hydrogen (secondary N) is 2. The Balaban J connectivity index is 1.75. The number of nitrogens with zero attached hydrogens (tertiary/aromatic N) is 2. The standard InChI is InChI=1S/C18H17BrClF3N4O2/c1-10-8-24-4-5-27(10)16-3-2-11(9-25-16)17(28)26-14-7-15(29-18(21,22)23)12(19)6-13(14)20/h2-3,6-7,9-10,24H,4-5,8H2,1H3,(H,26,28)/t10-/m1/s1. The van der Waals surface area contributed by atoms with Crippen LogP contribution in [0.5, 0.6) is 5.75 Å². The van der Waals surface area contributed by atoms with Gasteiger partial charge < -0.3 is 20.3 Å². The summed E-state index contributed by atoms with van der Waals surface area (Å²) in [6, 6.07) is 5.82. The smallest absolute Gasteiger partial charge is 0.405 e. The summed E-state index contributed by atoms with van der Waals surface area (Å²) in [5, 5.41) is 5.83. The van der Waals surface area contributed by atoms with Crippen LogP contribution in [0.15, 0.2) is 34.9 Å². The van der Waals surface area contributed by atoms with E-state index in [-0.39, 0.29) is 26.8 Å². The molecular formula is C18H17BrClF3N4O2. The minimum absolute atomic E-state index is 0.00832. The lowest BCUT2D eigenvalue weighted by Crippen LogP contribution is -2.50. The molecule has 11 heteroatoms. The number of amides is 1. The van der Waals surface area contributed by atoms with Gasteiger partial charge >= 0.3 is 6.36 Å². The van der Waals surface area contributed by atoms with Crippen molar-refractivity contribution in [1.82, 2.24) is 10.3 Å². The van der Waals surface area contributed by atoms with Gasteiger partial charge in [-0.15, -0.1) is 13.2 Å². The first-order valence-electron chi connectivity index (χ1n) is 8.63. The number of piperazine rings is 1. The van der Waals surface area contributed by atoms with E-state index in [1.54, 1.807) is 12.1 Å². The van der Waals surface area contributed by atoms with Crippen LogP contribution in [0.2, 0.25) is 5.02 Å². The van der Waals surface area contributed by atoms with Crippen LogP contribution in [0.4, 0.5) is 24.7 Å². The zero-order chi connectivity index (χ0) is 21.2. The van der Waals surface area contributed by atoms with Crippen LogP contribution in [-0.4, -0.2) is 42.9 Å². The van der Waals surface area contributed by atoms with Crippen LogP contribution in [0.25, 0.3) is 0 Å². The minimum atomic E-state index is -4.88. The first kappa shape index (κ1) is 21.7. The van der Waals surface area contributed by atoms with E-state index < -0.39 is 18.0 Å². The third kappa shape index (κ3) is 5.52. The van der Waals surface area contributed by atoms with Gasteiger partial charge in [0.15, 0.2) is 0 Å². The second-order valence-electron chi connectivity index (χ2n) is 6.42. The van der Waals surface area contributed by atoms with E-state index in [0.717, 1.165) is 31.5 Å². The quantitative estimate of drug-likeness (QED) is 0.659. The second kappa shape index (κ2) is 8.76. The topological polar surface area (TPSA) is 66.5 Å². The molecule has 0 unspecified atom stereocenters. The fraction of sp³-hybridized carbons (Fsp3) is 0.333. The van der Waals surface area contributed by atoms with Gasteiger partial charge in [-0.25, -0.2) is 4.98 Å². The van der Waals surface area contributed by atoms with Crippen LogP contribution in [-0.2, 0) is 0 Å². The fourth-order valence-electron chi connectivity index (χ4n) is 2.89. The molecule has 0 radical (unpaired) electrons. The molecule has 1 aromatic carbocycles. The highest BCUT2D eigenvalue weighted by atomic mass is 79.9. The first-order chi connectivity index (χ1) is 13.6. The highest BCUT2D eigenvalue weighted by Gasteiger charge is 2.32. The number of carbonyl (C=O) groups is 1. The molecule has 1 aliphatic heterocycles. The van der Waals surface area contributed by atoms with Crippen molar-refractivity contribution in [2.45, 2.75) is 19.3 Å². The molecule has 1 aliphatic rings. The van der Waals surface area contributed by atoms with Crippen LogP contribution >= 0.6 is 27.5 Å². The van der Waals surface area contributed by atoms with Gasteiger partial charge in [-0.1, -0.05) is 11.6 Å². The summed E-state index contributed by atoms with van der Waals surface area (Å²) in [6.45, 7) is 4.56. The van der Waals surface area contributed by atoms with Crippen molar-refractivity contribution in [2.75, 3.05) is 29.9 Å². The summed E-state index contributed by atoms with van der Waals surface area (Å²) in [5.74, 6) is -0.323. The van der Waals surface area contributed by atoms with Crippen LogP contribution < -0.4 is 20.3 Å². The van der Waals surface area contributed by atoms with Gasteiger partial charge in [-0.3, -0.25) is 4.79 Å². The fourth-order valence-corrected chi connectivity index (χ4v) is 3.66. The Kier molecular flexibility index (Phi) is 6.55. The van der Waals surface area contributed by atoms with Gasteiger partial charge in [0, 0.05) is 37.9 Å². The monoisotopic (exact) mass is 492 g/mol. The SMILES string of the molecule is C[C@@H]1CNCCN1c1ccc(C(=O)Nc2cc(OC(F)(F)F)c(Br)cc2Cl)cn1. The summed E-state index contributed by atoms with van der Waals surface area (Å²) in [5.41, 5.74) is 0.229. The Morgan fingerprint density at radius 3 is 2.79 bits per heavy atom. The summed E-state index contributed by atoms with van der Waals surface area (Å²) in [4.78, 5) is 19.0. The van der Waals surface area contributed by atoms with Crippen molar-refractivity contribution >= 4 is 44.9 Å². The highest BCUT2D eigenvalue weighted by molar-refractivity contribution is 9.10. The molecule has 2 N–H and O–H groups in total. The Hall–Kier alpha value is -2.04. The predicted molar refractivity (Wildman–Crippen MR) is 108 cm³/mol. The van der Waals surface area contributed by atoms with E-state index >= 15 is 0 Å². The lowest BCUT2D eigenvalue weighted by molar-refractivity contribution is -0.274. The molecule has 29 heavy (non-hydrogen) atoms. The molecule has 0 saturated carbocycles. The molecule has 1 amide bonds. The van der Waals surface area contributed by atoms with E-state index in [0.29, 0.717) is 0 Å². The zero-order valence-corrected chi connectivity index (χ0v) is 17.5. The molecule has 0 spiro atoms. The maximum atomic E-state index is 12.5. The van der Waals surface area contributed by atoms with Crippen LogP contribution in [0.1, 0.15) is 17.3 Å². The highest BCUT2D eigenvalue weighted by Crippen LogP contribution is 2.37. The molecule has 1 atom stereocenters. The average molecular weight is 494 g/mol. The zero-order valence-electron chi connectivity index (χ0n) is 15.2. The number of carbonyl (C=O) groups excluding carboxylic acids is 1. The second-order valence-corrected chi connectivity index (χ2v) is 7.68. The normalized spacial score (nSPS) is 17.2. The maximum Gasteiger partial charge on any atom is 0.573 e. The van der Waals surface area contributed by atoms with E-state index in [1.807, 2.05) is 0 Å².